The van der Waals surface area contributed by atoms with Crippen LogP contribution in [-0.2, 0) is 9.68 Å². The molecule has 8 heteroatoms. The van der Waals surface area contributed by atoms with E-state index in [-0.39, 0.29) is 6.42 Å². The summed E-state index contributed by atoms with van der Waals surface area (Å²) in [5.41, 5.74) is 0. The van der Waals surface area contributed by atoms with E-state index in [2.05, 4.69) is 4.89 Å². The van der Waals surface area contributed by atoms with Gasteiger partial charge in [0.1, 0.15) is 12.2 Å². The van der Waals surface area contributed by atoms with E-state index in [1.165, 1.54) is 6.92 Å². The number of aliphatic hydroxyl groups is 5. The summed E-state index contributed by atoms with van der Waals surface area (Å²) in [6.45, 7) is 0.415. The summed E-state index contributed by atoms with van der Waals surface area (Å²) in [5.74, 6) is -4.00. The van der Waals surface area contributed by atoms with Gasteiger partial charge >= 0.3 is 0 Å². The molecule has 0 fully saturated rings. The SMILES string of the molecule is CCC(=O)[C@H](O)[C@@](O)(OO)[C@H](O)[C@H](O)CO. The first-order chi connectivity index (χ1) is 7.34. The molecule has 0 rings (SSSR count). The first-order valence-electron chi connectivity index (χ1n) is 4.57. The molecule has 0 saturated heterocycles. The van der Waals surface area contributed by atoms with Gasteiger partial charge in [-0.2, -0.15) is 4.89 Å². The van der Waals surface area contributed by atoms with Gasteiger partial charge in [-0.25, -0.2) is 5.26 Å². The third-order valence-electron chi connectivity index (χ3n) is 2.17. The van der Waals surface area contributed by atoms with Crippen LogP contribution in [0.5, 0.6) is 0 Å². The average molecular weight is 240 g/mol. The van der Waals surface area contributed by atoms with Gasteiger partial charge in [-0.15, -0.1) is 0 Å². The topological polar surface area (TPSA) is 148 Å². The molecule has 0 heterocycles. The highest BCUT2D eigenvalue weighted by atomic mass is 17.1. The number of carbonyl (C=O) groups excluding carboxylic acids is 1. The van der Waals surface area contributed by atoms with Gasteiger partial charge in [0.05, 0.1) is 6.61 Å². The predicted molar refractivity (Wildman–Crippen MR) is 49.1 cm³/mol. The first-order valence-corrected chi connectivity index (χ1v) is 4.57. The summed E-state index contributed by atoms with van der Waals surface area (Å²) in [4.78, 5) is 14.5. The zero-order valence-corrected chi connectivity index (χ0v) is 8.65. The summed E-state index contributed by atoms with van der Waals surface area (Å²) in [7, 11) is 0. The minimum atomic E-state index is -3.09. The Kier molecular flexibility index (Phi) is 5.97. The Morgan fingerprint density at radius 2 is 1.88 bits per heavy atom. The van der Waals surface area contributed by atoms with Gasteiger partial charge in [-0.05, 0) is 0 Å². The van der Waals surface area contributed by atoms with E-state index in [4.69, 9.17) is 15.5 Å². The van der Waals surface area contributed by atoms with Crippen LogP contribution in [0.15, 0.2) is 0 Å². The molecule has 0 aliphatic rings. The van der Waals surface area contributed by atoms with Crippen molar-refractivity contribution in [3.05, 3.63) is 0 Å². The Morgan fingerprint density at radius 3 is 2.19 bits per heavy atom. The molecule has 6 N–H and O–H groups in total. The monoisotopic (exact) mass is 240 g/mol. The molecule has 16 heavy (non-hydrogen) atoms. The molecule has 0 aromatic heterocycles. The second kappa shape index (κ2) is 6.21. The molecule has 0 aromatic rings. The van der Waals surface area contributed by atoms with E-state index in [1.807, 2.05) is 0 Å². The number of hydrogen-bond donors (Lipinski definition) is 6. The standard InChI is InChI=1S/C8H16O8/c1-2-4(10)6(12)8(14,16-15)7(13)5(11)3-9/h5-7,9,11-15H,2-3H2,1H3/t5-,6+,7-,8-/m1/s1. The maximum absolute atomic E-state index is 11.1. The molecule has 0 unspecified atom stereocenters. The third kappa shape index (κ3) is 2.95. The van der Waals surface area contributed by atoms with E-state index in [0.29, 0.717) is 0 Å². The van der Waals surface area contributed by atoms with Gasteiger partial charge in [0.15, 0.2) is 11.9 Å². The molecule has 0 aliphatic heterocycles. The normalized spacial score (nSPS) is 20.9. The lowest BCUT2D eigenvalue weighted by Gasteiger charge is -2.34. The van der Waals surface area contributed by atoms with Gasteiger partial charge < -0.3 is 25.5 Å². The molecule has 96 valence electrons. The predicted octanol–water partition coefficient (Wildman–Crippen LogP) is -2.78. The highest BCUT2D eigenvalue weighted by Crippen LogP contribution is 2.21. The minimum absolute atomic E-state index is 0.186. The molecular weight excluding hydrogens is 224 g/mol. The van der Waals surface area contributed by atoms with E-state index in [9.17, 15) is 20.1 Å². The van der Waals surface area contributed by atoms with Crippen LogP contribution in [0.2, 0.25) is 0 Å². The van der Waals surface area contributed by atoms with Crippen LogP contribution in [0.4, 0.5) is 0 Å². The van der Waals surface area contributed by atoms with Crippen molar-refractivity contribution in [1.29, 1.82) is 0 Å². The van der Waals surface area contributed by atoms with Crippen LogP contribution >= 0.6 is 0 Å². The summed E-state index contributed by atoms with van der Waals surface area (Å²) < 4.78 is 0. The maximum Gasteiger partial charge on any atom is 0.261 e. The van der Waals surface area contributed by atoms with Crippen LogP contribution in [0.1, 0.15) is 13.3 Å². The fraction of sp³-hybridized carbons (Fsp3) is 0.875. The van der Waals surface area contributed by atoms with Gasteiger partial charge in [0.25, 0.3) is 5.79 Å². The Labute approximate surface area is 91.3 Å². The van der Waals surface area contributed by atoms with Gasteiger partial charge in [-0.1, -0.05) is 6.92 Å². The average Bonchev–Trinajstić information content (AvgIpc) is 2.33. The largest absolute Gasteiger partial charge is 0.394 e. The van der Waals surface area contributed by atoms with Gasteiger partial charge in [-0.3, -0.25) is 4.79 Å². The Bertz CT molecular complexity index is 232. The molecule has 0 spiro atoms. The highest BCUT2D eigenvalue weighted by molar-refractivity contribution is 5.83. The lowest BCUT2D eigenvalue weighted by Crippen LogP contribution is -2.61. The van der Waals surface area contributed by atoms with Crippen LogP contribution in [0, 0.1) is 0 Å². The third-order valence-corrected chi connectivity index (χ3v) is 2.17. The molecule has 4 atom stereocenters. The van der Waals surface area contributed by atoms with Crippen molar-refractivity contribution in [1.82, 2.24) is 0 Å². The van der Waals surface area contributed by atoms with Crippen molar-refractivity contribution in [2.75, 3.05) is 6.61 Å². The highest BCUT2D eigenvalue weighted by Gasteiger charge is 2.50. The summed E-state index contributed by atoms with van der Waals surface area (Å²) in [6, 6.07) is 0. The summed E-state index contributed by atoms with van der Waals surface area (Å²) >= 11 is 0. The zero-order valence-electron chi connectivity index (χ0n) is 8.65. The molecule has 8 nitrogen and oxygen atoms in total. The Morgan fingerprint density at radius 1 is 1.38 bits per heavy atom. The smallest absolute Gasteiger partial charge is 0.261 e. The van der Waals surface area contributed by atoms with Crippen molar-refractivity contribution in [2.45, 2.75) is 37.4 Å². The fourth-order valence-corrected chi connectivity index (χ4v) is 1.07. The number of carbonyl (C=O) groups is 1. The van der Waals surface area contributed by atoms with Crippen LogP contribution in [-0.4, -0.2) is 67.3 Å². The van der Waals surface area contributed by atoms with Crippen molar-refractivity contribution in [3.8, 4) is 0 Å². The molecule has 0 bridgehead atoms. The number of ketones is 1. The number of aliphatic hydroxyl groups excluding tert-OH is 4. The van der Waals surface area contributed by atoms with E-state index >= 15 is 0 Å². The second-order valence-corrected chi connectivity index (χ2v) is 3.26. The maximum atomic E-state index is 11.1. The molecule has 0 saturated carbocycles. The lowest BCUT2D eigenvalue weighted by molar-refractivity contribution is -0.437. The minimum Gasteiger partial charge on any atom is -0.394 e. The van der Waals surface area contributed by atoms with Crippen molar-refractivity contribution in [3.63, 3.8) is 0 Å². The fourth-order valence-electron chi connectivity index (χ4n) is 1.07. The van der Waals surface area contributed by atoms with Crippen molar-refractivity contribution in [2.24, 2.45) is 0 Å². The Balaban J connectivity index is 4.95. The summed E-state index contributed by atoms with van der Waals surface area (Å²) in [6.07, 6.45) is -6.59. The van der Waals surface area contributed by atoms with Crippen molar-refractivity contribution < 1.29 is 40.5 Å². The second-order valence-electron chi connectivity index (χ2n) is 3.26. The number of hydrogen-bond acceptors (Lipinski definition) is 8. The summed E-state index contributed by atoms with van der Waals surface area (Å²) in [5, 5.41) is 54.0. The molecule has 0 aromatic carbocycles. The molecular formula is C8H16O8. The Hall–Kier alpha value is -0.610. The van der Waals surface area contributed by atoms with Crippen LogP contribution in [0.25, 0.3) is 0 Å². The van der Waals surface area contributed by atoms with Crippen molar-refractivity contribution >= 4 is 5.78 Å². The first kappa shape index (κ1) is 15.4. The number of Topliss-reactive ketones (excluding diaryl/α,β-unsaturated/α-hetero) is 1. The lowest BCUT2D eigenvalue weighted by atomic mass is 9.95. The van der Waals surface area contributed by atoms with Gasteiger partial charge in [0, 0.05) is 6.42 Å². The van der Waals surface area contributed by atoms with E-state index in [1.54, 1.807) is 0 Å². The van der Waals surface area contributed by atoms with Crippen LogP contribution in [0.3, 0.4) is 0 Å². The number of rotatable bonds is 7. The molecule has 0 radical (unpaired) electrons. The molecule has 0 amide bonds. The molecule has 0 aliphatic carbocycles. The van der Waals surface area contributed by atoms with E-state index < -0.39 is 36.5 Å². The van der Waals surface area contributed by atoms with Crippen LogP contribution < -0.4 is 0 Å². The quantitative estimate of drug-likeness (QED) is 0.159. The van der Waals surface area contributed by atoms with E-state index in [0.717, 1.165) is 0 Å². The zero-order chi connectivity index (χ0) is 12.9. The van der Waals surface area contributed by atoms with Gasteiger partial charge in [0.2, 0.25) is 0 Å².